The van der Waals surface area contributed by atoms with E-state index in [1.54, 1.807) is 48.9 Å². The van der Waals surface area contributed by atoms with Gasteiger partial charge >= 0.3 is 0 Å². The summed E-state index contributed by atoms with van der Waals surface area (Å²) in [6.07, 6.45) is 6.04. The molecular weight excluding hydrogens is 493 g/mol. The van der Waals surface area contributed by atoms with Crippen LogP contribution in [0, 0.1) is 0 Å². The Labute approximate surface area is 211 Å². The number of rotatable bonds is 6. The molecule has 3 heterocycles. The first-order valence-electron chi connectivity index (χ1n) is 11.1. The van der Waals surface area contributed by atoms with Gasteiger partial charge in [-0.1, -0.05) is 41.1 Å². The zero-order chi connectivity index (χ0) is 24.5. The average molecular weight is 514 g/mol. The topological polar surface area (TPSA) is 98.6 Å². The number of ether oxygens (including phenoxy) is 2. The van der Waals surface area contributed by atoms with E-state index < -0.39 is 23.5 Å². The summed E-state index contributed by atoms with van der Waals surface area (Å²) >= 11 is 12.4. The SMILES string of the molecule is O=C1C(=O)N(CCC[n+]2cc[nH]c2)C(c2ccc(Cl)c(Cl)c2)C1=C([O-])c1ccc2c(c1)OCCO2. The first kappa shape index (κ1) is 23.3. The second kappa shape index (κ2) is 9.64. The number of hydrogen-bond donors (Lipinski definition) is 1. The van der Waals surface area contributed by atoms with Gasteiger partial charge in [0.2, 0.25) is 12.1 Å². The smallest absolute Gasteiger partial charge is 0.295 e. The Morgan fingerprint density at radius 3 is 2.63 bits per heavy atom. The summed E-state index contributed by atoms with van der Waals surface area (Å²) in [4.78, 5) is 30.7. The van der Waals surface area contributed by atoms with E-state index in [9.17, 15) is 14.7 Å². The maximum Gasteiger partial charge on any atom is 0.295 e. The van der Waals surface area contributed by atoms with Crippen molar-refractivity contribution in [2.75, 3.05) is 19.8 Å². The number of ketones is 1. The number of carbonyl (C=O) groups is 2. The van der Waals surface area contributed by atoms with Gasteiger partial charge in [-0.3, -0.25) is 14.6 Å². The van der Waals surface area contributed by atoms with E-state index in [2.05, 4.69) is 4.98 Å². The van der Waals surface area contributed by atoms with Crippen molar-refractivity contribution in [2.45, 2.75) is 19.0 Å². The molecule has 0 bridgehead atoms. The van der Waals surface area contributed by atoms with Crippen molar-refractivity contribution in [2.24, 2.45) is 0 Å². The summed E-state index contributed by atoms with van der Waals surface area (Å²) in [6.45, 7) is 1.67. The monoisotopic (exact) mass is 513 g/mol. The fraction of sp³-hybridized carbons (Fsp3) is 0.240. The van der Waals surface area contributed by atoms with Crippen LogP contribution in [-0.2, 0) is 16.1 Å². The Morgan fingerprint density at radius 2 is 1.89 bits per heavy atom. The minimum Gasteiger partial charge on any atom is -0.872 e. The van der Waals surface area contributed by atoms with Gasteiger partial charge in [-0.05, 0) is 35.4 Å². The van der Waals surface area contributed by atoms with Gasteiger partial charge in [0, 0.05) is 18.5 Å². The minimum atomic E-state index is -0.887. The van der Waals surface area contributed by atoms with Gasteiger partial charge in [0.15, 0.2) is 11.5 Å². The van der Waals surface area contributed by atoms with Gasteiger partial charge in [-0.15, -0.1) is 0 Å². The van der Waals surface area contributed by atoms with E-state index >= 15 is 0 Å². The molecule has 1 atom stereocenters. The zero-order valence-electron chi connectivity index (χ0n) is 18.5. The van der Waals surface area contributed by atoms with Crippen molar-refractivity contribution in [1.29, 1.82) is 0 Å². The number of halogens is 2. The molecule has 10 heteroatoms. The van der Waals surface area contributed by atoms with Crippen LogP contribution in [0.1, 0.15) is 23.6 Å². The molecule has 1 unspecified atom stereocenters. The third-order valence-electron chi connectivity index (χ3n) is 6.01. The number of benzene rings is 2. The summed E-state index contributed by atoms with van der Waals surface area (Å²) in [5, 5.41) is 14.2. The molecular formula is C25H21Cl2N3O5. The summed E-state index contributed by atoms with van der Waals surface area (Å²) in [5.41, 5.74) is 0.647. The number of aromatic nitrogens is 2. The molecule has 0 radical (unpaired) electrons. The van der Waals surface area contributed by atoms with Crippen molar-refractivity contribution >= 4 is 40.7 Å². The summed E-state index contributed by atoms with van der Waals surface area (Å²) in [6, 6.07) is 8.70. The molecule has 2 aromatic carbocycles. The van der Waals surface area contributed by atoms with E-state index in [0.717, 1.165) is 0 Å². The molecule has 180 valence electrons. The van der Waals surface area contributed by atoms with Crippen molar-refractivity contribution < 1.29 is 28.7 Å². The third-order valence-corrected chi connectivity index (χ3v) is 6.75. The number of nitrogens with one attached hydrogen (secondary N) is 1. The van der Waals surface area contributed by atoms with Crippen LogP contribution < -0.4 is 19.1 Å². The molecule has 1 aromatic heterocycles. The van der Waals surface area contributed by atoms with Crippen LogP contribution in [0.2, 0.25) is 10.0 Å². The van der Waals surface area contributed by atoms with Crippen LogP contribution >= 0.6 is 23.2 Å². The molecule has 0 saturated carbocycles. The third kappa shape index (κ3) is 4.47. The number of aromatic amines is 1. The summed E-state index contributed by atoms with van der Waals surface area (Å²) < 4.78 is 13.0. The predicted molar refractivity (Wildman–Crippen MR) is 126 cm³/mol. The molecule has 35 heavy (non-hydrogen) atoms. The van der Waals surface area contributed by atoms with Gasteiger partial charge in [-0.25, -0.2) is 4.57 Å². The van der Waals surface area contributed by atoms with Gasteiger partial charge in [0.25, 0.3) is 5.91 Å². The van der Waals surface area contributed by atoms with E-state index in [4.69, 9.17) is 32.7 Å². The molecule has 0 spiro atoms. The maximum atomic E-state index is 13.6. The first-order chi connectivity index (χ1) is 16.9. The number of carbonyl (C=O) groups excluding carboxylic acids is 2. The highest BCUT2D eigenvalue weighted by Gasteiger charge is 2.44. The van der Waals surface area contributed by atoms with E-state index in [0.29, 0.717) is 48.3 Å². The fourth-order valence-corrected chi connectivity index (χ4v) is 4.66. The van der Waals surface area contributed by atoms with Crippen LogP contribution in [0.25, 0.3) is 5.76 Å². The molecule has 3 aromatic rings. The molecule has 8 nitrogen and oxygen atoms in total. The molecule has 1 N–H and O–H groups in total. The van der Waals surface area contributed by atoms with E-state index in [-0.39, 0.29) is 22.7 Å². The van der Waals surface area contributed by atoms with Gasteiger partial charge in [0.05, 0.1) is 22.6 Å². The largest absolute Gasteiger partial charge is 0.872 e. The molecule has 1 amide bonds. The predicted octanol–water partition coefficient (Wildman–Crippen LogP) is 2.69. The Kier molecular flexibility index (Phi) is 6.40. The van der Waals surface area contributed by atoms with Crippen LogP contribution in [-0.4, -0.2) is 41.3 Å². The normalized spacial score (nSPS) is 18.8. The lowest BCUT2D eigenvalue weighted by atomic mass is 9.95. The Morgan fingerprint density at radius 1 is 1.09 bits per heavy atom. The second-order valence-electron chi connectivity index (χ2n) is 8.21. The van der Waals surface area contributed by atoms with Crippen LogP contribution in [0.3, 0.4) is 0 Å². The quantitative estimate of drug-likeness (QED) is 0.236. The molecule has 1 fully saturated rings. The lowest BCUT2D eigenvalue weighted by Gasteiger charge is -2.28. The molecule has 5 rings (SSSR count). The zero-order valence-corrected chi connectivity index (χ0v) is 20.0. The number of fused-ring (bicyclic) bond motifs is 1. The number of likely N-dealkylation sites (tertiary alicyclic amines) is 1. The van der Waals surface area contributed by atoms with Crippen LogP contribution in [0.5, 0.6) is 11.5 Å². The Balaban J connectivity index is 1.55. The highest BCUT2D eigenvalue weighted by Crippen LogP contribution is 2.41. The number of aryl methyl sites for hydroxylation is 1. The van der Waals surface area contributed by atoms with E-state index in [1.165, 1.54) is 4.90 Å². The highest BCUT2D eigenvalue weighted by atomic mass is 35.5. The second-order valence-corrected chi connectivity index (χ2v) is 9.02. The summed E-state index contributed by atoms with van der Waals surface area (Å²) in [7, 11) is 0. The number of hydrogen-bond acceptors (Lipinski definition) is 5. The fourth-order valence-electron chi connectivity index (χ4n) is 4.35. The van der Waals surface area contributed by atoms with Gasteiger partial charge in [0.1, 0.15) is 25.6 Å². The number of nitrogens with zero attached hydrogens (tertiary/aromatic N) is 2. The number of imidazole rings is 1. The van der Waals surface area contributed by atoms with Crippen LogP contribution in [0.15, 0.2) is 60.7 Å². The minimum absolute atomic E-state index is 0.126. The summed E-state index contributed by atoms with van der Waals surface area (Å²) in [5.74, 6) is -1.14. The van der Waals surface area contributed by atoms with Crippen LogP contribution in [0.4, 0.5) is 0 Å². The molecule has 0 aliphatic carbocycles. The number of amides is 1. The van der Waals surface area contributed by atoms with Crippen molar-refractivity contribution in [3.63, 3.8) is 0 Å². The Hall–Kier alpha value is -3.49. The molecule has 2 aliphatic heterocycles. The Bertz CT molecular complexity index is 1320. The van der Waals surface area contributed by atoms with Gasteiger partial charge in [-0.2, -0.15) is 0 Å². The maximum absolute atomic E-state index is 13.6. The highest BCUT2D eigenvalue weighted by molar-refractivity contribution is 6.46. The number of H-pyrrole nitrogens is 1. The van der Waals surface area contributed by atoms with Crippen molar-refractivity contribution in [3.8, 4) is 11.5 Å². The lowest BCUT2D eigenvalue weighted by Crippen LogP contribution is -2.36. The van der Waals surface area contributed by atoms with E-state index in [1.807, 2.05) is 10.8 Å². The first-order valence-corrected chi connectivity index (χ1v) is 11.8. The lowest BCUT2D eigenvalue weighted by molar-refractivity contribution is -0.695. The van der Waals surface area contributed by atoms with Crippen molar-refractivity contribution in [1.82, 2.24) is 9.88 Å². The van der Waals surface area contributed by atoms with Crippen molar-refractivity contribution in [3.05, 3.63) is 81.9 Å². The van der Waals surface area contributed by atoms with Gasteiger partial charge < -0.3 is 19.5 Å². The molecule has 2 aliphatic rings. The average Bonchev–Trinajstić information content (AvgIpc) is 3.47. The standard InChI is InChI=1S/C25H21Cl2N3O5/c26-17-4-2-15(12-18(17)27)22-21(23(31)16-3-5-19-20(13-16)35-11-10-34-19)24(32)25(33)30(22)8-1-7-29-9-6-28-14-29/h2-6,9,12-14,22H,1,7-8,10-11H2,(H,31,32). The number of Topliss-reactive ketones (excluding diaryl/α,β-unsaturated/α-hetero) is 1. The molecule has 1 saturated heterocycles.